The lowest BCUT2D eigenvalue weighted by Gasteiger charge is -2.41. The molecule has 2 nitrogen and oxygen atoms in total. The van der Waals surface area contributed by atoms with Gasteiger partial charge in [0.15, 0.2) is 0 Å². The fraction of sp³-hybridized carbons (Fsp3) is 0.647. The summed E-state index contributed by atoms with van der Waals surface area (Å²) in [5, 5.41) is 0. The second kappa shape index (κ2) is 6.06. The van der Waals surface area contributed by atoms with E-state index in [2.05, 4.69) is 47.1 Å². The molecule has 2 saturated heterocycles. The molecule has 2 heterocycles. The van der Waals surface area contributed by atoms with Crippen LogP contribution in [0.15, 0.2) is 30.3 Å². The second-order valence-electron chi connectivity index (χ2n) is 6.30. The van der Waals surface area contributed by atoms with Crippen molar-refractivity contribution < 1.29 is 0 Å². The summed E-state index contributed by atoms with van der Waals surface area (Å²) in [5.74, 6) is 0.815. The minimum Gasteiger partial charge on any atom is -0.300 e. The molecule has 3 rings (SSSR count). The highest BCUT2D eigenvalue weighted by Gasteiger charge is 2.31. The molecule has 19 heavy (non-hydrogen) atoms. The lowest BCUT2D eigenvalue weighted by Crippen LogP contribution is -2.48. The average Bonchev–Trinajstić information content (AvgIpc) is 2.94. The van der Waals surface area contributed by atoms with Gasteiger partial charge in [-0.25, -0.2) is 0 Å². The Morgan fingerprint density at radius 3 is 2.47 bits per heavy atom. The predicted molar refractivity (Wildman–Crippen MR) is 80.1 cm³/mol. The van der Waals surface area contributed by atoms with Crippen LogP contribution in [-0.4, -0.2) is 42.0 Å². The zero-order valence-corrected chi connectivity index (χ0v) is 12.1. The summed E-state index contributed by atoms with van der Waals surface area (Å²) in [4.78, 5) is 5.37. The van der Waals surface area contributed by atoms with Crippen molar-refractivity contribution in [3.63, 3.8) is 0 Å². The van der Waals surface area contributed by atoms with Crippen molar-refractivity contribution in [3.05, 3.63) is 35.9 Å². The van der Waals surface area contributed by atoms with Crippen LogP contribution >= 0.6 is 0 Å². The molecule has 0 saturated carbocycles. The van der Waals surface area contributed by atoms with Gasteiger partial charge in [0.2, 0.25) is 0 Å². The molecule has 0 aromatic heterocycles. The van der Waals surface area contributed by atoms with Gasteiger partial charge in [-0.1, -0.05) is 37.3 Å². The van der Waals surface area contributed by atoms with E-state index in [1.54, 1.807) is 0 Å². The molecule has 2 aliphatic heterocycles. The maximum absolute atomic E-state index is 2.74. The van der Waals surface area contributed by atoms with Gasteiger partial charge in [0.05, 0.1) is 0 Å². The van der Waals surface area contributed by atoms with Crippen LogP contribution in [0.25, 0.3) is 0 Å². The van der Waals surface area contributed by atoms with Crippen LogP contribution in [0.5, 0.6) is 0 Å². The lowest BCUT2D eigenvalue weighted by atomic mass is 9.92. The Morgan fingerprint density at radius 2 is 1.79 bits per heavy atom. The summed E-state index contributed by atoms with van der Waals surface area (Å²) >= 11 is 0. The van der Waals surface area contributed by atoms with E-state index in [1.165, 1.54) is 51.0 Å². The van der Waals surface area contributed by atoms with Crippen LogP contribution in [0.1, 0.15) is 31.7 Å². The Balaban J connectivity index is 1.55. The molecule has 2 aliphatic rings. The zero-order chi connectivity index (χ0) is 13.1. The standard InChI is InChI=1S/C17H26N2/c1-15-13-18(14-16-7-3-2-4-8-16)12-9-17(15)19-10-5-6-11-19/h2-4,7-8,15,17H,5-6,9-14H2,1H3/t15-,17+/m1/s1. The third-order valence-corrected chi connectivity index (χ3v) is 4.80. The van der Waals surface area contributed by atoms with Crippen LogP contribution in [0.2, 0.25) is 0 Å². The lowest BCUT2D eigenvalue weighted by molar-refractivity contribution is 0.0748. The molecule has 0 unspecified atom stereocenters. The Hall–Kier alpha value is -0.860. The molecule has 0 radical (unpaired) electrons. The largest absolute Gasteiger partial charge is 0.300 e. The van der Waals surface area contributed by atoms with E-state index in [1.807, 2.05) is 0 Å². The molecule has 0 N–H and O–H groups in total. The van der Waals surface area contributed by atoms with Crippen molar-refractivity contribution >= 4 is 0 Å². The van der Waals surface area contributed by atoms with Crippen molar-refractivity contribution in [1.29, 1.82) is 0 Å². The van der Waals surface area contributed by atoms with E-state index >= 15 is 0 Å². The van der Waals surface area contributed by atoms with E-state index in [0.29, 0.717) is 0 Å². The number of rotatable bonds is 3. The van der Waals surface area contributed by atoms with Crippen LogP contribution in [0.4, 0.5) is 0 Å². The van der Waals surface area contributed by atoms with E-state index < -0.39 is 0 Å². The molecule has 1 aromatic carbocycles. The molecule has 104 valence electrons. The normalized spacial score (nSPS) is 29.7. The zero-order valence-electron chi connectivity index (χ0n) is 12.1. The van der Waals surface area contributed by atoms with E-state index in [0.717, 1.165) is 18.5 Å². The third-order valence-electron chi connectivity index (χ3n) is 4.80. The van der Waals surface area contributed by atoms with Crippen LogP contribution in [-0.2, 0) is 6.54 Å². The monoisotopic (exact) mass is 258 g/mol. The number of nitrogens with zero attached hydrogens (tertiary/aromatic N) is 2. The Bertz CT molecular complexity index is 384. The maximum atomic E-state index is 2.74. The number of likely N-dealkylation sites (tertiary alicyclic amines) is 2. The summed E-state index contributed by atoms with van der Waals surface area (Å²) in [7, 11) is 0. The van der Waals surface area contributed by atoms with Gasteiger partial charge in [-0.3, -0.25) is 4.90 Å². The van der Waals surface area contributed by atoms with Crippen molar-refractivity contribution in [1.82, 2.24) is 9.80 Å². The summed E-state index contributed by atoms with van der Waals surface area (Å²) in [6, 6.07) is 11.7. The average molecular weight is 258 g/mol. The first-order chi connectivity index (χ1) is 9.33. The SMILES string of the molecule is C[C@@H]1CN(Cc2ccccc2)CC[C@@H]1N1CCCC1. The fourth-order valence-electron chi connectivity index (χ4n) is 3.82. The van der Waals surface area contributed by atoms with Gasteiger partial charge in [-0.05, 0) is 50.4 Å². The quantitative estimate of drug-likeness (QED) is 0.822. The first kappa shape index (κ1) is 13.1. The number of benzene rings is 1. The highest BCUT2D eigenvalue weighted by Crippen LogP contribution is 2.26. The first-order valence-corrected chi connectivity index (χ1v) is 7.83. The minimum absolute atomic E-state index is 0.815. The number of hydrogen-bond donors (Lipinski definition) is 0. The summed E-state index contributed by atoms with van der Waals surface area (Å²) in [6.45, 7) is 8.77. The van der Waals surface area contributed by atoms with Crippen LogP contribution < -0.4 is 0 Å². The molecule has 2 heteroatoms. The maximum Gasteiger partial charge on any atom is 0.0233 e. The topological polar surface area (TPSA) is 6.48 Å². The Morgan fingerprint density at radius 1 is 1.05 bits per heavy atom. The van der Waals surface area contributed by atoms with Crippen molar-refractivity contribution in [2.45, 2.75) is 38.8 Å². The number of hydrogen-bond acceptors (Lipinski definition) is 2. The summed E-state index contributed by atoms with van der Waals surface area (Å²) < 4.78 is 0. The van der Waals surface area contributed by atoms with Gasteiger partial charge < -0.3 is 4.90 Å². The number of piperidine rings is 1. The molecule has 0 aliphatic carbocycles. The smallest absolute Gasteiger partial charge is 0.0233 e. The molecule has 2 atom stereocenters. The van der Waals surface area contributed by atoms with Gasteiger partial charge in [-0.15, -0.1) is 0 Å². The van der Waals surface area contributed by atoms with E-state index in [9.17, 15) is 0 Å². The summed E-state index contributed by atoms with van der Waals surface area (Å²) in [5.41, 5.74) is 1.45. The highest BCUT2D eigenvalue weighted by atomic mass is 15.2. The van der Waals surface area contributed by atoms with Crippen LogP contribution in [0.3, 0.4) is 0 Å². The molecule has 1 aromatic rings. The summed E-state index contributed by atoms with van der Waals surface area (Å²) in [6.07, 6.45) is 4.18. The van der Waals surface area contributed by atoms with Gasteiger partial charge in [0, 0.05) is 19.1 Å². The van der Waals surface area contributed by atoms with Gasteiger partial charge >= 0.3 is 0 Å². The van der Waals surface area contributed by atoms with E-state index in [4.69, 9.17) is 0 Å². The Kier molecular flexibility index (Phi) is 4.19. The molecule has 2 fully saturated rings. The third kappa shape index (κ3) is 3.18. The fourth-order valence-corrected chi connectivity index (χ4v) is 3.82. The minimum atomic E-state index is 0.815. The molecule has 0 spiro atoms. The molecule has 0 amide bonds. The van der Waals surface area contributed by atoms with Gasteiger partial charge in [0.25, 0.3) is 0 Å². The Labute approximate surface area is 117 Å². The van der Waals surface area contributed by atoms with Crippen molar-refractivity contribution in [2.24, 2.45) is 5.92 Å². The van der Waals surface area contributed by atoms with Gasteiger partial charge in [0.1, 0.15) is 0 Å². The molecule has 0 bridgehead atoms. The van der Waals surface area contributed by atoms with Crippen LogP contribution in [0, 0.1) is 5.92 Å². The first-order valence-electron chi connectivity index (χ1n) is 7.83. The highest BCUT2D eigenvalue weighted by molar-refractivity contribution is 5.14. The molecular formula is C17H26N2. The van der Waals surface area contributed by atoms with Gasteiger partial charge in [-0.2, -0.15) is 0 Å². The van der Waals surface area contributed by atoms with Crippen molar-refractivity contribution in [2.75, 3.05) is 26.2 Å². The second-order valence-corrected chi connectivity index (χ2v) is 6.30. The molecular weight excluding hydrogens is 232 g/mol. The van der Waals surface area contributed by atoms with Crippen molar-refractivity contribution in [3.8, 4) is 0 Å². The predicted octanol–water partition coefficient (Wildman–Crippen LogP) is 2.99. The van der Waals surface area contributed by atoms with E-state index in [-0.39, 0.29) is 0 Å².